The molecule has 1 fully saturated rings. The van der Waals surface area contributed by atoms with Crippen LogP contribution in [0.1, 0.15) is 38.8 Å². The second-order valence-corrected chi connectivity index (χ2v) is 9.37. The molecule has 0 unspecified atom stereocenters. The highest BCUT2D eigenvalue weighted by Gasteiger charge is 2.51. The predicted molar refractivity (Wildman–Crippen MR) is 135 cm³/mol. The van der Waals surface area contributed by atoms with Crippen molar-refractivity contribution in [3.63, 3.8) is 0 Å². The predicted octanol–water partition coefficient (Wildman–Crippen LogP) is 4.88. The van der Waals surface area contributed by atoms with Crippen molar-refractivity contribution >= 4 is 53.8 Å². The van der Waals surface area contributed by atoms with Gasteiger partial charge < -0.3 is 9.31 Å². The van der Waals surface area contributed by atoms with E-state index in [1.165, 1.54) is 0 Å². The van der Waals surface area contributed by atoms with Gasteiger partial charge in [0.15, 0.2) is 0 Å². The fraction of sp³-hybridized carbons (Fsp3) is 0.240. The Morgan fingerprint density at radius 2 is 1.59 bits per heavy atom. The van der Waals surface area contributed by atoms with Gasteiger partial charge in [0.25, 0.3) is 0 Å². The van der Waals surface area contributed by atoms with Gasteiger partial charge in [0.05, 0.1) is 33.8 Å². The number of para-hydroxylation sites is 1. The number of fused-ring (bicyclic) bond motifs is 3. The number of nitrogens with one attached hydrogen (secondary N) is 1. The standard InChI is InChI=1S/C25H24BN3O2S/c1-24(2)25(3,4)31-26(30-24)16-11-9-15(10-12-16)23-18-13-14-20(29-32)22(27)21(18)17-7-5-6-8-19(17)28-23/h5-14,27,32H,1-4H3/b27-22?,29-20-. The first-order chi connectivity index (χ1) is 15.2. The zero-order chi connectivity index (χ0) is 22.7. The normalized spacial score (nSPS) is 20.2. The molecule has 1 aromatic heterocycles. The quantitative estimate of drug-likeness (QED) is 0.440. The summed E-state index contributed by atoms with van der Waals surface area (Å²) in [7, 11) is -0.408. The van der Waals surface area contributed by atoms with Crippen molar-refractivity contribution in [2.45, 2.75) is 38.9 Å². The summed E-state index contributed by atoms with van der Waals surface area (Å²) in [6.07, 6.45) is 3.79. The van der Waals surface area contributed by atoms with Crippen LogP contribution >= 0.6 is 12.8 Å². The molecular weight excluding hydrogens is 417 g/mol. The number of rotatable bonds is 2. The van der Waals surface area contributed by atoms with Crippen LogP contribution in [0.25, 0.3) is 28.2 Å². The van der Waals surface area contributed by atoms with Gasteiger partial charge in [0.1, 0.15) is 0 Å². The second-order valence-electron chi connectivity index (χ2n) is 9.17. The Morgan fingerprint density at radius 1 is 0.938 bits per heavy atom. The van der Waals surface area contributed by atoms with Gasteiger partial charge >= 0.3 is 7.12 Å². The van der Waals surface area contributed by atoms with E-state index in [9.17, 15) is 0 Å². The Labute approximate surface area is 193 Å². The molecule has 32 heavy (non-hydrogen) atoms. The Balaban J connectivity index is 1.60. The van der Waals surface area contributed by atoms with E-state index < -0.39 is 7.12 Å². The lowest BCUT2D eigenvalue weighted by Gasteiger charge is -2.32. The summed E-state index contributed by atoms with van der Waals surface area (Å²) in [4.78, 5) is 4.95. The molecule has 7 heteroatoms. The number of aromatic nitrogens is 1. The highest BCUT2D eigenvalue weighted by molar-refractivity contribution is 7.79. The minimum Gasteiger partial charge on any atom is -0.399 e. The van der Waals surface area contributed by atoms with Gasteiger partial charge in [-0.2, -0.15) is 0 Å². The molecule has 3 aromatic rings. The molecule has 1 N–H and O–H groups in total. The van der Waals surface area contributed by atoms with Crippen LogP contribution in [0.4, 0.5) is 0 Å². The molecule has 1 aliphatic heterocycles. The fourth-order valence-electron chi connectivity index (χ4n) is 4.11. The SMILES string of the molecule is CC1(C)OB(c2ccc(-c3nc4ccccc4c4c3C=C/C(=N/S)C4=N)cc2)OC1(C)C. The molecular formula is C25H24BN3O2S. The van der Waals surface area contributed by atoms with Gasteiger partial charge in [-0.1, -0.05) is 42.5 Å². The maximum absolute atomic E-state index is 8.70. The molecule has 0 radical (unpaired) electrons. The third kappa shape index (κ3) is 3.23. The summed E-state index contributed by atoms with van der Waals surface area (Å²) in [5.74, 6) is 0. The summed E-state index contributed by atoms with van der Waals surface area (Å²) in [5, 5.41) is 9.63. The van der Waals surface area contributed by atoms with E-state index in [0.29, 0.717) is 11.4 Å². The van der Waals surface area contributed by atoms with Gasteiger partial charge in [-0.05, 0) is 64.2 Å². The van der Waals surface area contributed by atoms with Crippen LogP contribution in [-0.4, -0.2) is 34.7 Å². The smallest absolute Gasteiger partial charge is 0.399 e. The van der Waals surface area contributed by atoms with Gasteiger partial charge in [-0.3, -0.25) is 5.41 Å². The van der Waals surface area contributed by atoms with Gasteiger partial charge in [0, 0.05) is 22.1 Å². The summed E-state index contributed by atoms with van der Waals surface area (Å²) in [5.41, 5.74) is 5.48. The first-order valence-electron chi connectivity index (χ1n) is 10.6. The van der Waals surface area contributed by atoms with E-state index >= 15 is 0 Å². The molecule has 0 bridgehead atoms. The second kappa shape index (κ2) is 7.41. The Hall–Kier alpha value is -2.74. The number of benzene rings is 2. The highest BCUT2D eigenvalue weighted by Crippen LogP contribution is 2.37. The molecule has 2 heterocycles. The van der Waals surface area contributed by atoms with E-state index in [2.05, 4.69) is 44.9 Å². The van der Waals surface area contributed by atoms with Crippen molar-refractivity contribution in [2.75, 3.05) is 0 Å². The fourth-order valence-corrected chi connectivity index (χ4v) is 4.28. The number of pyridine rings is 1. The number of nitrogens with zero attached hydrogens (tertiary/aromatic N) is 2. The van der Waals surface area contributed by atoms with Crippen LogP contribution in [0.5, 0.6) is 0 Å². The lowest BCUT2D eigenvalue weighted by molar-refractivity contribution is 0.00578. The number of hydrogen-bond acceptors (Lipinski definition) is 6. The molecule has 1 aliphatic carbocycles. The first-order valence-corrected chi connectivity index (χ1v) is 11.0. The summed E-state index contributed by atoms with van der Waals surface area (Å²) in [6.45, 7) is 8.21. The molecule has 0 atom stereocenters. The van der Waals surface area contributed by atoms with E-state index in [1.54, 1.807) is 0 Å². The van der Waals surface area contributed by atoms with Crippen LogP contribution in [0.3, 0.4) is 0 Å². The molecule has 5 nitrogen and oxygen atoms in total. The Kier molecular flexibility index (Phi) is 4.89. The lowest BCUT2D eigenvalue weighted by atomic mass is 9.78. The third-order valence-electron chi connectivity index (χ3n) is 6.66. The van der Waals surface area contributed by atoms with Crippen molar-refractivity contribution < 1.29 is 9.31 Å². The van der Waals surface area contributed by atoms with Crippen molar-refractivity contribution in [3.05, 3.63) is 65.7 Å². The van der Waals surface area contributed by atoms with E-state index in [1.807, 2.05) is 60.7 Å². The third-order valence-corrected chi connectivity index (χ3v) is 6.88. The van der Waals surface area contributed by atoms with Crippen LogP contribution in [0, 0.1) is 5.41 Å². The zero-order valence-corrected chi connectivity index (χ0v) is 19.4. The van der Waals surface area contributed by atoms with Crippen molar-refractivity contribution in [1.82, 2.24) is 4.98 Å². The first kappa shape index (κ1) is 21.1. The lowest BCUT2D eigenvalue weighted by Crippen LogP contribution is -2.41. The summed E-state index contributed by atoms with van der Waals surface area (Å²) in [6, 6.07) is 16.0. The average Bonchev–Trinajstić information content (AvgIpc) is 3.00. The maximum atomic E-state index is 8.70. The Bertz CT molecular complexity index is 1300. The van der Waals surface area contributed by atoms with Crippen molar-refractivity contribution in [1.29, 1.82) is 5.41 Å². The molecule has 0 amide bonds. The minimum absolute atomic E-state index is 0.353. The molecule has 0 spiro atoms. The highest BCUT2D eigenvalue weighted by atomic mass is 32.1. The maximum Gasteiger partial charge on any atom is 0.494 e. The van der Waals surface area contributed by atoms with Gasteiger partial charge in [-0.15, -0.1) is 0 Å². The van der Waals surface area contributed by atoms with Crippen LogP contribution < -0.4 is 5.46 Å². The molecule has 1 saturated heterocycles. The topological polar surface area (TPSA) is 67.6 Å². The van der Waals surface area contributed by atoms with Gasteiger partial charge in [0.2, 0.25) is 0 Å². The zero-order valence-electron chi connectivity index (χ0n) is 18.5. The van der Waals surface area contributed by atoms with Crippen LogP contribution in [0.15, 0.2) is 59.0 Å². The number of allylic oxidation sites excluding steroid dienone is 1. The minimum atomic E-state index is -0.408. The number of hydrogen-bond donors (Lipinski definition) is 2. The van der Waals surface area contributed by atoms with Crippen molar-refractivity contribution in [3.8, 4) is 11.3 Å². The van der Waals surface area contributed by atoms with Crippen molar-refractivity contribution in [2.24, 2.45) is 4.40 Å². The number of thiol groups is 1. The molecule has 5 rings (SSSR count). The van der Waals surface area contributed by atoms with E-state index in [4.69, 9.17) is 19.7 Å². The molecule has 2 aliphatic rings. The summed E-state index contributed by atoms with van der Waals surface area (Å²) < 4.78 is 16.3. The Morgan fingerprint density at radius 3 is 2.25 bits per heavy atom. The largest absolute Gasteiger partial charge is 0.494 e. The molecule has 160 valence electrons. The van der Waals surface area contributed by atoms with Crippen LogP contribution in [0.2, 0.25) is 0 Å². The van der Waals surface area contributed by atoms with Crippen LogP contribution in [-0.2, 0) is 9.31 Å². The molecule has 0 saturated carbocycles. The van der Waals surface area contributed by atoms with E-state index in [0.717, 1.165) is 38.8 Å². The summed E-state index contributed by atoms with van der Waals surface area (Å²) >= 11 is 4.04. The average molecular weight is 441 g/mol. The van der Waals surface area contributed by atoms with Gasteiger partial charge in [-0.25, -0.2) is 9.38 Å². The molecule has 2 aromatic carbocycles. The monoisotopic (exact) mass is 441 g/mol. The van der Waals surface area contributed by atoms with E-state index in [-0.39, 0.29) is 11.2 Å².